The van der Waals surface area contributed by atoms with Gasteiger partial charge in [0.2, 0.25) is 0 Å². The standard InChI is InChI=1S/C18F38O/c19-1(20,5(27,28)9(35,36)15(45,46)47)3(23,24)7(31,32)13(43,11(39,40)17(51,52)53)57-14(44,12(41,42)18(54,55)56)8(33,34)4(25,26)2(21,22)6(29,30)10(37,38)16(48,49)50. The van der Waals surface area contributed by atoms with Crippen LogP contribution in [0.5, 0.6) is 0 Å². The smallest absolute Gasteiger partial charge is 0.288 e. The largest absolute Gasteiger partial charge is 0.460 e. The lowest BCUT2D eigenvalue weighted by Crippen LogP contribution is -2.82. The monoisotopic (exact) mass is 954 g/mol. The SMILES string of the molecule is FC(F)(F)C(F)(F)C(F)(F)C(F)(F)C(F)(F)C(F)(F)C(F)(OC(F)(C(F)(F)C(F)(F)F)C(F)(F)C(F)(F)C(F)(F)C(F)(F)C(F)(F)C(F)(F)F)C(F)(F)C(F)(F)F. The minimum atomic E-state index is -10.9. The van der Waals surface area contributed by atoms with Crippen LogP contribution in [0.15, 0.2) is 0 Å². The van der Waals surface area contributed by atoms with E-state index in [9.17, 15) is 167 Å². The van der Waals surface area contributed by atoms with Crippen LogP contribution >= 0.6 is 0 Å². The summed E-state index contributed by atoms with van der Waals surface area (Å²) in [6, 6.07) is 0. The summed E-state index contributed by atoms with van der Waals surface area (Å²) in [5, 5.41) is 0. The molecule has 0 aromatic heterocycles. The molecule has 0 N–H and O–H groups in total. The minimum absolute atomic E-state index is 0.123. The first-order valence-electron chi connectivity index (χ1n) is 11.6. The molecule has 0 aromatic carbocycles. The molecule has 1 nitrogen and oxygen atoms in total. The topological polar surface area (TPSA) is 9.23 Å². The Balaban J connectivity index is 9.06. The van der Waals surface area contributed by atoms with Crippen molar-refractivity contribution in [2.45, 2.75) is 107 Å². The van der Waals surface area contributed by atoms with Gasteiger partial charge in [-0.15, -0.1) is 0 Å². The second-order valence-corrected chi connectivity index (χ2v) is 10.2. The first-order chi connectivity index (χ1) is 23.7. The molecule has 0 aliphatic heterocycles. The molecular weight excluding hydrogens is 954 g/mol. The summed E-state index contributed by atoms with van der Waals surface area (Å²) >= 11 is 0. The normalized spacial score (nSPS) is 19.1. The van der Waals surface area contributed by atoms with Crippen molar-refractivity contribution in [2.24, 2.45) is 0 Å². The zero-order valence-corrected chi connectivity index (χ0v) is 23.8. The van der Waals surface area contributed by atoms with E-state index < -0.39 is 107 Å². The third-order valence-electron chi connectivity index (χ3n) is 6.48. The molecule has 0 saturated carbocycles. The molecule has 0 radical (unpaired) electrons. The van der Waals surface area contributed by atoms with Crippen molar-refractivity contribution in [3.05, 3.63) is 0 Å². The van der Waals surface area contributed by atoms with Crippen molar-refractivity contribution in [2.75, 3.05) is 0 Å². The highest BCUT2D eigenvalue weighted by Crippen LogP contribution is 2.70. The summed E-state index contributed by atoms with van der Waals surface area (Å²) in [5.74, 6) is -144. The molecule has 0 amide bonds. The van der Waals surface area contributed by atoms with Gasteiger partial charge in [-0.3, -0.25) is 4.74 Å². The molecule has 0 heterocycles. The lowest BCUT2D eigenvalue weighted by atomic mass is 9.85. The van der Waals surface area contributed by atoms with Gasteiger partial charge in [0.25, 0.3) is 0 Å². The Morgan fingerprint density at radius 3 is 0.404 bits per heavy atom. The van der Waals surface area contributed by atoms with E-state index in [4.69, 9.17) is 0 Å². The number of ether oxygens (including phenoxy) is 1. The maximum atomic E-state index is 15.0. The third-order valence-corrected chi connectivity index (χ3v) is 6.48. The molecule has 0 aliphatic rings. The zero-order valence-electron chi connectivity index (χ0n) is 23.8. The number of rotatable bonds is 14. The van der Waals surface area contributed by atoms with Crippen LogP contribution < -0.4 is 0 Å². The van der Waals surface area contributed by atoms with E-state index in [-0.39, 0.29) is 4.74 Å². The van der Waals surface area contributed by atoms with Crippen molar-refractivity contribution < 1.29 is 172 Å². The molecule has 0 saturated heterocycles. The van der Waals surface area contributed by atoms with Crippen molar-refractivity contribution in [3.8, 4) is 0 Å². The average molecular weight is 954 g/mol. The van der Waals surface area contributed by atoms with Gasteiger partial charge in [-0.1, -0.05) is 0 Å². The number of hydrogen-bond donors (Lipinski definition) is 0. The van der Waals surface area contributed by atoms with Gasteiger partial charge >= 0.3 is 107 Å². The Labute approximate surface area is 280 Å². The zero-order chi connectivity index (χ0) is 47.7. The fraction of sp³-hybridized carbons (Fsp3) is 1.00. The molecule has 0 rings (SSSR count). The lowest BCUT2D eigenvalue weighted by Gasteiger charge is -2.50. The fourth-order valence-electron chi connectivity index (χ4n) is 3.15. The van der Waals surface area contributed by atoms with Gasteiger partial charge in [0, 0.05) is 0 Å². The maximum absolute atomic E-state index is 15.0. The van der Waals surface area contributed by atoms with Gasteiger partial charge in [0.15, 0.2) is 0 Å². The molecule has 39 heteroatoms. The maximum Gasteiger partial charge on any atom is 0.460 e. The van der Waals surface area contributed by atoms with Gasteiger partial charge in [-0.05, 0) is 0 Å². The molecule has 344 valence electrons. The summed E-state index contributed by atoms with van der Waals surface area (Å²) < 4.78 is 510. The Morgan fingerprint density at radius 2 is 0.263 bits per heavy atom. The van der Waals surface area contributed by atoms with Crippen LogP contribution in [-0.2, 0) is 4.74 Å². The first kappa shape index (κ1) is 54.3. The highest BCUT2D eigenvalue weighted by atomic mass is 19.5. The molecule has 0 aromatic rings. The van der Waals surface area contributed by atoms with Crippen molar-refractivity contribution in [3.63, 3.8) is 0 Å². The second kappa shape index (κ2) is 12.9. The molecule has 2 atom stereocenters. The van der Waals surface area contributed by atoms with E-state index in [1.165, 1.54) is 0 Å². The molecule has 0 fully saturated rings. The van der Waals surface area contributed by atoms with Gasteiger partial charge in [0.1, 0.15) is 0 Å². The second-order valence-electron chi connectivity index (χ2n) is 10.2. The third kappa shape index (κ3) is 6.46. The Kier molecular flexibility index (Phi) is 12.3. The van der Waals surface area contributed by atoms with Gasteiger partial charge in [0.05, 0.1) is 0 Å². The highest BCUT2D eigenvalue weighted by molar-refractivity contribution is 5.21. The Bertz CT molecular complexity index is 1340. The van der Waals surface area contributed by atoms with E-state index in [0.717, 1.165) is 0 Å². The summed E-state index contributed by atoms with van der Waals surface area (Å²) in [6.07, 6.45) is -36.3. The predicted octanol–water partition coefficient (Wildman–Crippen LogP) is 12.2. The first-order valence-corrected chi connectivity index (χ1v) is 11.6. The van der Waals surface area contributed by atoms with E-state index in [0.29, 0.717) is 0 Å². The molecule has 2 unspecified atom stereocenters. The van der Waals surface area contributed by atoms with Crippen molar-refractivity contribution in [1.29, 1.82) is 0 Å². The van der Waals surface area contributed by atoms with Crippen LogP contribution in [0.1, 0.15) is 0 Å². The highest BCUT2D eigenvalue weighted by Gasteiger charge is 3.02. The minimum Gasteiger partial charge on any atom is -0.288 e. The lowest BCUT2D eigenvalue weighted by molar-refractivity contribution is -0.552. The molecular formula is C18F38O. The summed E-state index contributed by atoms with van der Waals surface area (Å²) in [5.41, 5.74) is 0. The summed E-state index contributed by atoms with van der Waals surface area (Å²) in [4.78, 5) is 0. The van der Waals surface area contributed by atoms with Crippen LogP contribution in [0.3, 0.4) is 0 Å². The quantitative estimate of drug-likeness (QED) is 0.158. The Morgan fingerprint density at radius 1 is 0.140 bits per heavy atom. The van der Waals surface area contributed by atoms with E-state index in [1.54, 1.807) is 0 Å². The van der Waals surface area contributed by atoms with Crippen LogP contribution in [-0.4, -0.2) is 107 Å². The van der Waals surface area contributed by atoms with Crippen LogP contribution in [0.25, 0.3) is 0 Å². The fourth-order valence-corrected chi connectivity index (χ4v) is 3.15. The van der Waals surface area contributed by atoms with E-state index in [1.807, 2.05) is 0 Å². The van der Waals surface area contributed by atoms with E-state index >= 15 is 0 Å². The Hall–Kier alpha value is -2.70. The number of alkyl halides is 38. The van der Waals surface area contributed by atoms with Gasteiger partial charge in [-0.25, -0.2) is 0 Å². The van der Waals surface area contributed by atoms with Crippen molar-refractivity contribution >= 4 is 0 Å². The van der Waals surface area contributed by atoms with Crippen LogP contribution in [0, 0.1) is 0 Å². The average Bonchev–Trinajstić information content (AvgIpc) is 2.93. The van der Waals surface area contributed by atoms with Crippen LogP contribution in [0.2, 0.25) is 0 Å². The molecule has 57 heavy (non-hydrogen) atoms. The number of hydrogen-bond acceptors (Lipinski definition) is 1. The number of halogens is 38. The van der Waals surface area contributed by atoms with Gasteiger partial charge < -0.3 is 0 Å². The molecule has 0 aliphatic carbocycles. The summed E-state index contributed by atoms with van der Waals surface area (Å²) in [6.45, 7) is 0. The van der Waals surface area contributed by atoms with Crippen molar-refractivity contribution in [1.82, 2.24) is 0 Å². The van der Waals surface area contributed by atoms with E-state index in [2.05, 4.69) is 0 Å². The molecule has 0 bridgehead atoms. The van der Waals surface area contributed by atoms with Crippen LogP contribution in [0.4, 0.5) is 167 Å². The van der Waals surface area contributed by atoms with Gasteiger partial charge in [-0.2, -0.15) is 167 Å². The predicted molar refractivity (Wildman–Crippen MR) is 92.3 cm³/mol. The molecule has 0 spiro atoms. The summed E-state index contributed by atoms with van der Waals surface area (Å²) in [7, 11) is 0.